The van der Waals surface area contributed by atoms with Gasteiger partial charge in [-0.15, -0.1) is 0 Å². The van der Waals surface area contributed by atoms with E-state index in [0.29, 0.717) is 23.7 Å². The van der Waals surface area contributed by atoms with E-state index in [0.717, 1.165) is 5.56 Å². The fourth-order valence-corrected chi connectivity index (χ4v) is 2.40. The first-order valence-corrected chi connectivity index (χ1v) is 8.11. The molecule has 1 heterocycles. The molecular weight excluding hydrogens is 348 g/mol. The van der Waals surface area contributed by atoms with Gasteiger partial charge in [-0.25, -0.2) is 4.79 Å². The smallest absolute Gasteiger partial charge is 0.343 e. The van der Waals surface area contributed by atoms with Gasteiger partial charge in [0.05, 0.1) is 10.5 Å². The Morgan fingerprint density at radius 1 is 1.04 bits per heavy atom. The molecule has 3 aromatic rings. The van der Waals surface area contributed by atoms with Crippen molar-refractivity contribution in [2.75, 3.05) is 0 Å². The highest BCUT2D eigenvalue weighted by molar-refractivity contribution is 5.92. The van der Waals surface area contributed by atoms with Crippen molar-refractivity contribution in [3.05, 3.63) is 93.8 Å². The summed E-state index contributed by atoms with van der Waals surface area (Å²) < 4.78 is 10.9. The first-order valence-electron chi connectivity index (χ1n) is 8.11. The van der Waals surface area contributed by atoms with Crippen LogP contribution in [0.5, 0.6) is 11.5 Å². The quantitative estimate of drug-likeness (QED) is 0.283. The monoisotopic (exact) mass is 364 g/mol. The average molecular weight is 364 g/mol. The van der Waals surface area contributed by atoms with Gasteiger partial charge in [0.1, 0.15) is 18.1 Å². The lowest BCUT2D eigenvalue weighted by molar-refractivity contribution is -0.384. The largest absolute Gasteiger partial charge is 0.489 e. The Kier molecular flexibility index (Phi) is 5.41. The molecule has 0 radical (unpaired) electrons. The molecule has 2 aromatic carbocycles. The first kappa shape index (κ1) is 18.1. The van der Waals surface area contributed by atoms with Crippen LogP contribution in [0.3, 0.4) is 0 Å². The molecular formula is C20H16N2O5. The van der Waals surface area contributed by atoms with Gasteiger partial charge in [0, 0.05) is 24.5 Å². The van der Waals surface area contributed by atoms with Crippen molar-refractivity contribution in [1.29, 1.82) is 0 Å². The third-order valence-electron chi connectivity index (χ3n) is 3.70. The number of hydrogen-bond donors (Lipinski definition) is 0. The molecule has 1 aromatic heterocycles. The number of aromatic nitrogens is 1. The Bertz CT molecular complexity index is 956. The number of esters is 1. The lowest BCUT2D eigenvalue weighted by Crippen LogP contribution is -2.09. The molecule has 0 spiro atoms. The number of aryl methyl sites for hydroxylation is 1. The van der Waals surface area contributed by atoms with Crippen LogP contribution in [0.2, 0.25) is 0 Å². The van der Waals surface area contributed by atoms with E-state index in [4.69, 9.17) is 9.47 Å². The predicted octanol–water partition coefficient (Wildman–Crippen LogP) is 4.10. The molecule has 3 rings (SSSR count). The van der Waals surface area contributed by atoms with Crippen molar-refractivity contribution in [3.8, 4) is 11.5 Å². The molecule has 0 saturated carbocycles. The number of pyridine rings is 1. The summed E-state index contributed by atoms with van der Waals surface area (Å²) >= 11 is 0. The van der Waals surface area contributed by atoms with E-state index in [2.05, 4.69) is 4.98 Å². The SMILES string of the molecule is Cc1cc(C(=O)Oc2ccc(OCc3ccncc3)cc2)cc([N+](=O)[O-])c1. The minimum atomic E-state index is -0.660. The topological polar surface area (TPSA) is 91.6 Å². The molecule has 0 unspecified atom stereocenters. The van der Waals surface area contributed by atoms with Crippen molar-refractivity contribution >= 4 is 11.7 Å². The highest BCUT2D eigenvalue weighted by Gasteiger charge is 2.15. The number of carbonyl (C=O) groups is 1. The normalized spacial score (nSPS) is 10.3. The highest BCUT2D eigenvalue weighted by Crippen LogP contribution is 2.21. The lowest BCUT2D eigenvalue weighted by Gasteiger charge is -2.08. The maximum absolute atomic E-state index is 12.3. The van der Waals surface area contributed by atoms with Gasteiger partial charge in [-0.2, -0.15) is 0 Å². The molecule has 0 fully saturated rings. The number of carbonyl (C=O) groups excluding carboxylic acids is 1. The molecule has 0 aliphatic rings. The zero-order chi connectivity index (χ0) is 19.2. The summed E-state index contributed by atoms with van der Waals surface area (Å²) in [6, 6.07) is 14.4. The van der Waals surface area contributed by atoms with Gasteiger partial charge in [-0.3, -0.25) is 15.1 Å². The number of nitrogens with zero attached hydrogens (tertiary/aromatic N) is 2. The molecule has 136 valence electrons. The number of nitro groups is 1. The van der Waals surface area contributed by atoms with E-state index in [9.17, 15) is 14.9 Å². The third-order valence-corrected chi connectivity index (χ3v) is 3.70. The minimum absolute atomic E-state index is 0.125. The van der Waals surface area contributed by atoms with Crippen molar-refractivity contribution in [1.82, 2.24) is 4.98 Å². The van der Waals surface area contributed by atoms with Gasteiger partial charge in [-0.1, -0.05) is 0 Å². The number of ether oxygens (including phenoxy) is 2. The Hall–Kier alpha value is -3.74. The second kappa shape index (κ2) is 8.09. The molecule has 27 heavy (non-hydrogen) atoms. The van der Waals surface area contributed by atoms with Gasteiger partial charge < -0.3 is 9.47 Å². The van der Waals surface area contributed by atoms with Crippen LogP contribution >= 0.6 is 0 Å². The standard InChI is InChI=1S/C20H16N2O5/c1-14-10-16(12-17(11-14)22(24)25)20(23)27-19-4-2-18(3-5-19)26-13-15-6-8-21-9-7-15/h2-12H,13H2,1H3. The summed E-state index contributed by atoms with van der Waals surface area (Å²) in [7, 11) is 0. The maximum atomic E-state index is 12.3. The second-order valence-electron chi connectivity index (χ2n) is 5.82. The number of hydrogen-bond acceptors (Lipinski definition) is 6. The van der Waals surface area contributed by atoms with Gasteiger partial charge in [0.25, 0.3) is 5.69 Å². The fraction of sp³-hybridized carbons (Fsp3) is 0.100. The Morgan fingerprint density at radius 2 is 1.70 bits per heavy atom. The molecule has 0 amide bonds. The zero-order valence-electron chi connectivity index (χ0n) is 14.5. The first-order chi connectivity index (χ1) is 13.0. The molecule has 0 aliphatic carbocycles. The molecule has 7 nitrogen and oxygen atoms in total. The summed E-state index contributed by atoms with van der Waals surface area (Å²) in [6.45, 7) is 2.08. The van der Waals surface area contributed by atoms with Crippen LogP contribution in [-0.4, -0.2) is 15.9 Å². The maximum Gasteiger partial charge on any atom is 0.343 e. The van der Waals surface area contributed by atoms with Crippen LogP contribution in [0, 0.1) is 17.0 Å². The highest BCUT2D eigenvalue weighted by atomic mass is 16.6. The van der Waals surface area contributed by atoms with E-state index >= 15 is 0 Å². The third kappa shape index (κ3) is 4.88. The predicted molar refractivity (Wildman–Crippen MR) is 97.8 cm³/mol. The molecule has 7 heteroatoms. The number of rotatable bonds is 6. The van der Waals surface area contributed by atoms with Crippen molar-refractivity contribution in [3.63, 3.8) is 0 Å². The Balaban J connectivity index is 1.64. The summed E-state index contributed by atoms with van der Waals surface area (Å²) in [5, 5.41) is 10.9. The molecule has 0 saturated heterocycles. The van der Waals surface area contributed by atoms with Gasteiger partial charge in [0.15, 0.2) is 0 Å². The van der Waals surface area contributed by atoms with E-state index in [-0.39, 0.29) is 11.3 Å². The van der Waals surface area contributed by atoms with E-state index in [1.807, 2.05) is 12.1 Å². The van der Waals surface area contributed by atoms with Crippen LogP contribution in [-0.2, 0) is 6.61 Å². The molecule has 0 atom stereocenters. The number of nitro benzene ring substituents is 1. The summed E-state index contributed by atoms with van der Waals surface area (Å²) in [5.41, 5.74) is 1.57. The molecule has 0 aliphatic heterocycles. The fourth-order valence-electron chi connectivity index (χ4n) is 2.40. The second-order valence-corrected chi connectivity index (χ2v) is 5.82. The van der Waals surface area contributed by atoms with Crippen LogP contribution in [0.15, 0.2) is 67.0 Å². The molecule has 0 N–H and O–H groups in total. The van der Waals surface area contributed by atoms with E-state index in [1.54, 1.807) is 49.6 Å². The zero-order valence-corrected chi connectivity index (χ0v) is 14.5. The van der Waals surface area contributed by atoms with Crippen LogP contribution in [0.25, 0.3) is 0 Å². The van der Waals surface area contributed by atoms with Crippen molar-refractivity contribution in [2.45, 2.75) is 13.5 Å². The number of benzene rings is 2. The van der Waals surface area contributed by atoms with Crippen LogP contribution in [0.4, 0.5) is 5.69 Å². The van der Waals surface area contributed by atoms with Crippen molar-refractivity contribution in [2.24, 2.45) is 0 Å². The summed E-state index contributed by atoms with van der Waals surface area (Å²) in [4.78, 5) is 26.6. The van der Waals surface area contributed by atoms with E-state index in [1.165, 1.54) is 12.1 Å². The summed E-state index contributed by atoms with van der Waals surface area (Å²) in [5.74, 6) is 0.283. The van der Waals surface area contributed by atoms with Gasteiger partial charge in [-0.05, 0) is 60.5 Å². The van der Waals surface area contributed by atoms with Gasteiger partial charge in [0.2, 0.25) is 0 Å². The molecule has 0 bridgehead atoms. The van der Waals surface area contributed by atoms with Crippen molar-refractivity contribution < 1.29 is 19.2 Å². The van der Waals surface area contributed by atoms with Crippen LogP contribution < -0.4 is 9.47 Å². The Labute approximate surface area is 155 Å². The van der Waals surface area contributed by atoms with E-state index < -0.39 is 10.9 Å². The van der Waals surface area contributed by atoms with Gasteiger partial charge >= 0.3 is 5.97 Å². The average Bonchev–Trinajstić information content (AvgIpc) is 2.67. The number of non-ortho nitro benzene ring substituents is 1. The minimum Gasteiger partial charge on any atom is -0.489 e. The van der Waals surface area contributed by atoms with Crippen LogP contribution in [0.1, 0.15) is 21.5 Å². The summed E-state index contributed by atoms with van der Waals surface area (Å²) in [6.07, 6.45) is 3.38. The Morgan fingerprint density at radius 3 is 2.37 bits per heavy atom. The lowest BCUT2D eigenvalue weighted by atomic mass is 10.1.